The number of phenols is 2. The largest absolute Gasteiger partial charge is 0.508 e. The second-order valence-electron chi connectivity index (χ2n) is 20.7. The zero-order valence-corrected chi connectivity index (χ0v) is 48.5. The van der Waals surface area contributed by atoms with E-state index < -0.39 is 7.12 Å². The number of hydrogen-bond donors (Lipinski definition) is 5. The van der Waals surface area contributed by atoms with E-state index in [2.05, 4.69) is 85.0 Å². The second kappa shape index (κ2) is 23.2. The van der Waals surface area contributed by atoms with Crippen molar-refractivity contribution in [1.82, 2.24) is 79.0 Å². The topological polar surface area (TPSA) is 280 Å². The number of amides is 1. The molecule has 0 aliphatic carbocycles. The number of aliphatic imine (C=N–C) groups is 2. The molecule has 6 aromatic heterocycles. The normalized spacial score (nSPS) is 15.3. The lowest BCUT2D eigenvalue weighted by Gasteiger charge is -2.14. The fraction of sp³-hybridized carbons (Fsp3) is 0.200. The molecule has 85 heavy (non-hydrogen) atoms. The van der Waals surface area contributed by atoms with Crippen molar-refractivity contribution in [2.45, 2.75) is 59.7 Å². The Morgan fingerprint density at radius 1 is 0.482 bits per heavy atom. The summed E-state index contributed by atoms with van der Waals surface area (Å²) in [4.78, 5) is 22.1. The number of fused-ring (bicyclic) bond motifs is 9. The highest BCUT2D eigenvalue weighted by molar-refractivity contribution is 6.70. The molecule has 0 saturated heterocycles. The Morgan fingerprint density at radius 2 is 0.871 bits per heavy atom. The maximum atomic E-state index is 12.6. The minimum atomic E-state index is -1.46. The quantitative estimate of drug-likeness (QED) is 0.105. The van der Waals surface area contributed by atoms with E-state index in [0.29, 0.717) is 16.2 Å². The summed E-state index contributed by atoms with van der Waals surface area (Å²) in [5.41, 5.74) is 13.5. The van der Waals surface area contributed by atoms with Crippen LogP contribution in [0.3, 0.4) is 0 Å². The van der Waals surface area contributed by atoms with Crippen molar-refractivity contribution >= 4 is 41.0 Å². The molecule has 9 heterocycles. The number of carbonyl (C=O) groups excluding carboxylic acids is 1. The molecule has 428 valence electrons. The first kappa shape index (κ1) is 56.7. The summed E-state index contributed by atoms with van der Waals surface area (Å²) in [6.45, 7) is 11.7. The first-order valence-corrected chi connectivity index (χ1v) is 27.4. The number of carbonyl (C=O) groups is 1. The summed E-state index contributed by atoms with van der Waals surface area (Å²) < 4.78 is 11.3. The van der Waals surface area contributed by atoms with E-state index in [4.69, 9.17) is 31.7 Å². The van der Waals surface area contributed by atoms with Crippen LogP contribution >= 0.6 is 11.6 Å². The molecule has 11 aromatic rings. The molecule has 25 heteroatoms. The number of nitrogens with zero attached hydrogens (tertiary/aromatic N) is 17. The molecule has 14 rings (SSSR count). The molecule has 0 saturated carbocycles. The summed E-state index contributed by atoms with van der Waals surface area (Å²) in [5.74, 6) is 5.00. The highest BCUT2D eigenvalue weighted by Gasteiger charge is 2.30. The monoisotopic (exact) mass is 1160 g/mol. The average molecular weight is 1160 g/mol. The van der Waals surface area contributed by atoms with Crippen molar-refractivity contribution in [3.63, 3.8) is 0 Å². The van der Waals surface area contributed by atoms with Crippen LogP contribution in [-0.2, 0) is 21.1 Å². The second-order valence-corrected chi connectivity index (χ2v) is 21.0. The SMILES string of the molecule is Cc1nnc2n1-c1ccc(-c3cnn(C)c3)cc1C(=O)N[C@H]2C.Cc1nnc2n1-c1ccc(-c3cnn(C)c3)cc1C(Cl)=N[C@H]2C.Cc1nnc2n1-c1ccc(-c3cnn(C)c3)cc1C(c1ccc(O)cc1)=N[C@H]2C.OB(O)c1ccc(O)cc1. The van der Waals surface area contributed by atoms with Crippen LogP contribution in [0.4, 0.5) is 0 Å². The van der Waals surface area contributed by atoms with Gasteiger partial charge in [0.15, 0.2) is 17.5 Å². The maximum absolute atomic E-state index is 12.6. The van der Waals surface area contributed by atoms with Gasteiger partial charge in [-0.1, -0.05) is 41.9 Å². The lowest BCUT2D eigenvalue weighted by molar-refractivity contribution is 0.0941. The van der Waals surface area contributed by atoms with Gasteiger partial charge < -0.3 is 25.6 Å². The Labute approximate surface area is 493 Å². The predicted octanol–water partition coefficient (Wildman–Crippen LogP) is 7.48. The van der Waals surface area contributed by atoms with E-state index in [0.717, 1.165) is 108 Å². The lowest BCUT2D eigenvalue weighted by atomic mass is 9.80. The third-order valence-electron chi connectivity index (χ3n) is 14.5. The zero-order chi connectivity index (χ0) is 60.0. The van der Waals surface area contributed by atoms with Gasteiger partial charge in [-0.2, -0.15) is 15.3 Å². The standard InChI is InChI=1S/C22H20N6O.C16H15ClN6.C16H16N6O.C6H7BO3/c1-13-22-26-25-14(2)28(22)20-9-6-16(17-11-23-27(3)12-17)10-19(20)21(24-13)15-4-7-18(29)8-5-15;1-9-16-21-20-10(2)23(16)14-5-4-11(6-13(14)15(17)19-9)12-7-18-22(3)8-12;1-9-15-20-19-10(2)22(15)14-5-4-11(6-13(14)16(23)18-9)12-7-17-21(3)8-12;8-6-3-1-5(2-4-6)7(9)10/h4-13,29H,1-3H3;4-9H,1-3H3;4-9H,1-3H3,(H,18,23);1-4,8-10H/t13-;2*9-;/m000./s1. The van der Waals surface area contributed by atoms with Gasteiger partial charge in [-0.15, -0.1) is 30.6 Å². The molecule has 0 unspecified atom stereocenters. The van der Waals surface area contributed by atoms with Gasteiger partial charge in [0.05, 0.1) is 53.0 Å². The molecular weight excluding hydrogens is 1100 g/mol. The molecule has 3 aliphatic heterocycles. The summed E-state index contributed by atoms with van der Waals surface area (Å²) in [6.07, 6.45) is 11.4. The van der Waals surface area contributed by atoms with Crippen LogP contribution < -0.4 is 10.8 Å². The van der Waals surface area contributed by atoms with E-state index in [1.54, 1.807) is 32.4 Å². The highest BCUT2D eigenvalue weighted by atomic mass is 35.5. The van der Waals surface area contributed by atoms with Crippen molar-refractivity contribution in [3.8, 4) is 61.9 Å². The molecule has 5 N–H and O–H groups in total. The van der Waals surface area contributed by atoms with E-state index in [-0.39, 0.29) is 35.5 Å². The molecule has 0 bridgehead atoms. The lowest BCUT2D eigenvalue weighted by Crippen LogP contribution is -2.29. The highest BCUT2D eigenvalue weighted by Crippen LogP contribution is 2.36. The minimum absolute atomic E-state index is 0.108. The van der Waals surface area contributed by atoms with Gasteiger partial charge in [0.25, 0.3) is 5.91 Å². The Kier molecular flexibility index (Phi) is 15.5. The van der Waals surface area contributed by atoms with Gasteiger partial charge >= 0.3 is 7.12 Å². The van der Waals surface area contributed by atoms with Gasteiger partial charge in [0, 0.05) is 73.1 Å². The molecule has 23 nitrogen and oxygen atoms in total. The maximum Gasteiger partial charge on any atom is 0.488 e. The Bertz CT molecular complexity index is 4360. The third kappa shape index (κ3) is 11.4. The number of benzene rings is 5. The average Bonchev–Trinajstić information content (AvgIpc) is 2.23. The number of aryl methyl sites for hydroxylation is 6. The van der Waals surface area contributed by atoms with Crippen molar-refractivity contribution < 1.29 is 25.1 Å². The number of phenolic OH excluding ortho intramolecular Hbond substituents is 2. The van der Waals surface area contributed by atoms with Crippen LogP contribution in [0, 0.1) is 20.8 Å². The number of aromatic hydroxyl groups is 2. The van der Waals surface area contributed by atoms with Crippen LogP contribution in [0.5, 0.6) is 11.5 Å². The first-order valence-electron chi connectivity index (χ1n) is 27.0. The van der Waals surface area contributed by atoms with Gasteiger partial charge in [-0.05, 0) is 136 Å². The summed E-state index contributed by atoms with van der Waals surface area (Å²) in [7, 11) is 4.22. The first-order chi connectivity index (χ1) is 40.8. The van der Waals surface area contributed by atoms with Crippen molar-refractivity contribution in [2.75, 3.05) is 0 Å². The molecule has 5 aromatic carbocycles. The van der Waals surface area contributed by atoms with E-state index in [9.17, 15) is 9.90 Å². The number of hydrogen-bond acceptors (Lipinski definition) is 16. The van der Waals surface area contributed by atoms with Gasteiger partial charge in [0.1, 0.15) is 46.2 Å². The van der Waals surface area contributed by atoms with Gasteiger partial charge in [0.2, 0.25) is 0 Å². The predicted molar refractivity (Wildman–Crippen MR) is 322 cm³/mol. The van der Waals surface area contributed by atoms with Crippen LogP contribution in [0.25, 0.3) is 50.4 Å². The van der Waals surface area contributed by atoms with Crippen molar-refractivity contribution in [3.05, 3.63) is 198 Å². The molecular formula is C60H58BClN18O5. The Morgan fingerprint density at radius 3 is 1.33 bits per heavy atom. The number of nitrogens with one attached hydrogen (secondary N) is 1. The molecule has 3 atom stereocenters. The molecule has 3 aliphatic rings. The molecule has 0 spiro atoms. The van der Waals surface area contributed by atoms with Crippen molar-refractivity contribution in [1.29, 1.82) is 0 Å². The molecule has 0 radical (unpaired) electrons. The van der Waals surface area contributed by atoms with Gasteiger partial charge in [-0.3, -0.25) is 42.5 Å². The number of rotatable bonds is 5. The molecule has 0 fully saturated rings. The fourth-order valence-electron chi connectivity index (χ4n) is 10.3. The van der Waals surface area contributed by atoms with Gasteiger partial charge in [-0.25, -0.2) is 0 Å². The summed E-state index contributed by atoms with van der Waals surface area (Å²) >= 11 is 6.48. The van der Waals surface area contributed by atoms with Crippen LogP contribution in [-0.4, -0.2) is 118 Å². The summed E-state index contributed by atoms with van der Waals surface area (Å²) in [6, 6.07) is 30.6. The Hall–Kier alpha value is -10.2. The third-order valence-corrected chi connectivity index (χ3v) is 14.8. The Balaban J connectivity index is 0.000000124. The summed E-state index contributed by atoms with van der Waals surface area (Å²) in [5, 5.41) is 77.3. The fourth-order valence-corrected chi connectivity index (χ4v) is 10.6. The number of halogens is 1. The van der Waals surface area contributed by atoms with Crippen LogP contribution in [0.1, 0.15) is 101 Å². The number of aromatic nitrogens is 15. The van der Waals surface area contributed by atoms with E-state index in [1.165, 1.54) is 24.3 Å². The van der Waals surface area contributed by atoms with Crippen molar-refractivity contribution in [2.24, 2.45) is 31.1 Å². The van der Waals surface area contributed by atoms with Crippen LogP contribution in [0.15, 0.2) is 150 Å². The van der Waals surface area contributed by atoms with Crippen LogP contribution in [0.2, 0.25) is 0 Å². The van der Waals surface area contributed by atoms with E-state index >= 15 is 0 Å². The smallest absolute Gasteiger partial charge is 0.488 e. The van der Waals surface area contributed by atoms with E-state index in [1.807, 2.05) is 145 Å². The molecule has 1 amide bonds. The zero-order valence-electron chi connectivity index (χ0n) is 47.8. The minimum Gasteiger partial charge on any atom is -0.508 e.